The minimum Gasteiger partial charge on any atom is -0.376 e. The minimum absolute atomic E-state index is 0.251. The first kappa shape index (κ1) is 16.7. The maximum absolute atomic E-state index is 5.98. The summed E-state index contributed by atoms with van der Waals surface area (Å²) in [6.07, 6.45) is 2.45. The van der Waals surface area contributed by atoms with E-state index in [0.717, 1.165) is 31.6 Å². The van der Waals surface area contributed by atoms with Crippen LogP contribution in [-0.2, 0) is 11.3 Å². The van der Waals surface area contributed by atoms with Crippen molar-refractivity contribution in [2.45, 2.75) is 25.5 Å². The van der Waals surface area contributed by atoms with Crippen LogP contribution in [0.5, 0.6) is 0 Å². The molecule has 128 valence electrons. The van der Waals surface area contributed by atoms with E-state index in [1.165, 1.54) is 0 Å². The van der Waals surface area contributed by atoms with Gasteiger partial charge in [0.25, 0.3) is 0 Å². The van der Waals surface area contributed by atoms with Crippen LogP contribution in [0.25, 0.3) is 11.4 Å². The van der Waals surface area contributed by atoms with Crippen LogP contribution < -0.4 is 10.6 Å². The first-order valence-corrected chi connectivity index (χ1v) is 8.27. The number of hydrogen-bond acceptors (Lipinski definition) is 5. The summed E-state index contributed by atoms with van der Waals surface area (Å²) in [7, 11) is 1.72. The average molecular weight is 350 g/mol. The Bertz CT molecular complexity index is 697. The molecule has 0 radical (unpaired) electrons. The number of rotatable bonds is 5. The third-order valence-corrected chi connectivity index (χ3v) is 3.94. The van der Waals surface area contributed by atoms with Crippen molar-refractivity contribution in [1.82, 2.24) is 20.8 Å². The summed E-state index contributed by atoms with van der Waals surface area (Å²) < 4.78 is 10.8. The van der Waals surface area contributed by atoms with Gasteiger partial charge >= 0.3 is 0 Å². The van der Waals surface area contributed by atoms with Gasteiger partial charge in [-0.15, -0.1) is 0 Å². The van der Waals surface area contributed by atoms with E-state index < -0.39 is 0 Å². The zero-order valence-electron chi connectivity index (χ0n) is 13.5. The van der Waals surface area contributed by atoms with Gasteiger partial charge in [-0.2, -0.15) is 4.98 Å². The molecule has 7 nitrogen and oxygen atoms in total. The molecule has 24 heavy (non-hydrogen) atoms. The summed E-state index contributed by atoms with van der Waals surface area (Å²) in [4.78, 5) is 8.53. The van der Waals surface area contributed by atoms with Gasteiger partial charge in [-0.05, 0) is 25.0 Å². The zero-order chi connectivity index (χ0) is 16.8. The SMILES string of the molecule is CN=C(NCc1nc(-c2cccc(Cl)c2)no1)NCC1CCCO1. The fourth-order valence-corrected chi connectivity index (χ4v) is 2.66. The fourth-order valence-electron chi connectivity index (χ4n) is 2.47. The Morgan fingerprint density at radius 1 is 1.42 bits per heavy atom. The van der Waals surface area contributed by atoms with E-state index in [9.17, 15) is 0 Å². The van der Waals surface area contributed by atoms with Crippen molar-refractivity contribution in [2.75, 3.05) is 20.2 Å². The molecule has 1 unspecified atom stereocenters. The fraction of sp³-hybridized carbons (Fsp3) is 0.438. The number of aliphatic imine (C=N–C) groups is 1. The third kappa shape index (κ3) is 4.46. The summed E-state index contributed by atoms with van der Waals surface area (Å²) in [5, 5.41) is 11.0. The number of ether oxygens (including phenoxy) is 1. The molecular weight excluding hydrogens is 330 g/mol. The Kier molecular flexibility index (Phi) is 5.66. The monoisotopic (exact) mass is 349 g/mol. The van der Waals surface area contributed by atoms with Gasteiger partial charge in [0.1, 0.15) is 0 Å². The highest BCUT2D eigenvalue weighted by atomic mass is 35.5. The number of guanidine groups is 1. The van der Waals surface area contributed by atoms with Crippen molar-refractivity contribution in [2.24, 2.45) is 4.99 Å². The van der Waals surface area contributed by atoms with Gasteiger partial charge in [-0.1, -0.05) is 28.9 Å². The van der Waals surface area contributed by atoms with Crippen LogP contribution in [0.15, 0.2) is 33.8 Å². The topological polar surface area (TPSA) is 84.6 Å². The number of aromatic nitrogens is 2. The number of benzene rings is 1. The van der Waals surface area contributed by atoms with Gasteiger partial charge in [-0.3, -0.25) is 4.99 Å². The van der Waals surface area contributed by atoms with Crippen LogP contribution in [0.3, 0.4) is 0 Å². The molecule has 0 bridgehead atoms. The second kappa shape index (κ2) is 8.12. The van der Waals surface area contributed by atoms with E-state index in [4.69, 9.17) is 20.9 Å². The molecule has 1 aliphatic heterocycles. The lowest BCUT2D eigenvalue weighted by Gasteiger charge is -2.13. The van der Waals surface area contributed by atoms with Gasteiger partial charge in [-0.25, -0.2) is 0 Å². The van der Waals surface area contributed by atoms with Crippen molar-refractivity contribution in [3.63, 3.8) is 0 Å². The molecule has 8 heteroatoms. The van der Waals surface area contributed by atoms with Crippen LogP contribution in [0.1, 0.15) is 18.7 Å². The number of halogens is 1. The summed E-state index contributed by atoms with van der Waals surface area (Å²) in [6.45, 7) is 1.96. The first-order chi connectivity index (χ1) is 11.7. The molecule has 0 amide bonds. The Labute approximate surface area is 145 Å². The van der Waals surface area contributed by atoms with Crippen molar-refractivity contribution in [1.29, 1.82) is 0 Å². The molecule has 2 N–H and O–H groups in total. The molecule has 1 atom stereocenters. The van der Waals surface area contributed by atoms with Gasteiger partial charge < -0.3 is 19.9 Å². The predicted molar refractivity (Wildman–Crippen MR) is 91.9 cm³/mol. The molecule has 1 aromatic heterocycles. The summed E-state index contributed by atoms with van der Waals surface area (Å²) in [5.41, 5.74) is 0.818. The second-order valence-electron chi connectivity index (χ2n) is 5.46. The van der Waals surface area contributed by atoms with Crippen LogP contribution in [-0.4, -0.2) is 42.4 Å². The zero-order valence-corrected chi connectivity index (χ0v) is 14.2. The predicted octanol–water partition coefficient (Wildman–Crippen LogP) is 2.23. The van der Waals surface area contributed by atoms with E-state index >= 15 is 0 Å². The van der Waals surface area contributed by atoms with E-state index in [1.54, 1.807) is 19.2 Å². The minimum atomic E-state index is 0.251. The molecule has 1 aromatic carbocycles. The Balaban J connectivity index is 1.52. The smallest absolute Gasteiger partial charge is 0.246 e. The molecule has 1 aliphatic rings. The second-order valence-corrected chi connectivity index (χ2v) is 5.90. The quantitative estimate of drug-likeness (QED) is 0.636. The van der Waals surface area contributed by atoms with Crippen molar-refractivity contribution >= 4 is 17.6 Å². The molecule has 2 aromatic rings. The molecule has 0 saturated carbocycles. The highest BCUT2D eigenvalue weighted by molar-refractivity contribution is 6.30. The number of hydrogen-bond donors (Lipinski definition) is 2. The lowest BCUT2D eigenvalue weighted by Crippen LogP contribution is -2.40. The normalized spacial score (nSPS) is 17.9. The number of nitrogens with one attached hydrogen (secondary N) is 2. The number of nitrogens with zero attached hydrogens (tertiary/aromatic N) is 3. The van der Waals surface area contributed by atoms with E-state index in [2.05, 4.69) is 25.8 Å². The Morgan fingerprint density at radius 3 is 3.08 bits per heavy atom. The molecule has 1 fully saturated rings. The average Bonchev–Trinajstić information content (AvgIpc) is 3.27. The molecule has 0 aliphatic carbocycles. The molecule has 0 spiro atoms. The molecular formula is C16H20ClN5O2. The van der Waals surface area contributed by atoms with Crippen molar-refractivity contribution < 1.29 is 9.26 Å². The molecule has 2 heterocycles. The Hall–Kier alpha value is -2.12. The lowest BCUT2D eigenvalue weighted by atomic mass is 10.2. The Morgan fingerprint density at radius 2 is 2.33 bits per heavy atom. The molecule has 1 saturated heterocycles. The van der Waals surface area contributed by atoms with Crippen LogP contribution in [0.2, 0.25) is 5.02 Å². The van der Waals surface area contributed by atoms with Gasteiger partial charge in [0.2, 0.25) is 11.7 Å². The van der Waals surface area contributed by atoms with Gasteiger partial charge in [0.15, 0.2) is 5.96 Å². The van der Waals surface area contributed by atoms with E-state index in [1.807, 2.05) is 12.1 Å². The maximum atomic E-state index is 5.98. The van der Waals surface area contributed by atoms with Crippen molar-refractivity contribution in [3.05, 3.63) is 35.2 Å². The lowest BCUT2D eigenvalue weighted by molar-refractivity contribution is 0.114. The van der Waals surface area contributed by atoms with Crippen LogP contribution in [0, 0.1) is 0 Å². The highest BCUT2D eigenvalue weighted by Crippen LogP contribution is 2.19. The summed E-state index contributed by atoms with van der Waals surface area (Å²) >= 11 is 5.98. The largest absolute Gasteiger partial charge is 0.376 e. The van der Waals surface area contributed by atoms with Crippen LogP contribution >= 0.6 is 11.6 Å². The third-order valence-electron chi connectivity index (χ3n) is 3.70. The standard InChI is InChI=1S/C16H20ClN5O2/c1-18-16(19-9-13-6-3-7-23-13)20-10-14-21-15(22-24-14)11-4-2-5-12(17)8-11/h2,4-5,8,13H,3,6-7,9-10H2,1H3,(H2,18,19,20). The van der Waals surface area contributed by atoms with E-state index in [-0.39, 0.29) is 6.10 Å². The first-order valence-electron chi connectivity index (χ1n) is 7.89. The highest BCUT2D eigenvalue weighted by Gasteiger charge is 2.16. The van der Waals surface area contributed by atoms with Gasteiger partial charge in [0, 0.05) is 30.8 Å². The summed E-state index contributed by atoms with van der Waals surface area (Å²) in [6, 6.07) is 7.34. The van der Waals surface area contributed by atoms with Gasteiger partial charge in [0.05, 0.1) is 12.6 Å². The van der Waals surface area contributed by atoms with Crippen LogP contribution in [0.4, 0.5) is 0 Å². The molecule has 3 rings (SSSR count). The maximum Gasteiger partial charge on any atom is 0.246 e. The summed E-state index contributed by atoms with van der Waals surface area (Å²) in [5.74, 6) is 1.66. The van der Waals surface area contributed by atoms with E-state index in [0.29, 0.717) is 29.2 Å². The van der Waals surface area contributed by atoms with Crippen molar-refractivity contribution in [3.8, 4) is 11.4 Å².